The molecular formula is C20H25N3O3. The van der Waals surface area contributed by atoms with E-state index in [9.17, 15) is 9.59 Å². The number of nitrogens with one attached hydrogen (secondary N) is 2. The molecule has 2 amide bonds. The van der Waals surface area contributed by atoms with Gasteiger partial charge < -0.3 is 15.4 Å². The summed E-state index contributed by atoms with van der Waals surface area (Å²) in [4.78, 5) is 25.8. The number of anilines is 2. The highest BCUT2D eigenvalue weighted by atomic mass is 16.5. The largest absolute Gasteiger partial charge is 0.494 e. The number of amides is 2. The summed E-state index contributed by atoms with van der Waals surface area (Å²) in [5.74, 6) is 0.417. The van der Waals surface area contributed by atoms with Gasteiger partial charge in [-0.1, -0.05) is 17.7 Å². The van der Waals surface area contributed by atoms with Crippen LogP contribution in [0.1, 0.15) is 12.5 Å². The molecule has 0 radical (unpaired) electrons. The number of carbonyl (C=O) groups excluding carboxylic acids is 2. The highest BCUT2D eigenvalue weighted by Crippen LogP contribution is 2.15. The van der Waals surface area contributed by atoms with Crippen molar-refractivity contribution in [2.75, 3.05) is 37.4 Å². The molecule has 0 unspecified atom stereocenters. The molecule has 6 nitrogen and oxygen atoms in total. The third-order valence-electron chi connectivity index (χ3n) is 3.61. The lowest BCUT2D eigenvalue weighted by molar-refractivity contribution is -0.119. The molecule has 0 heterocycles. The zero-order valence-corrected chi connectivity index (χ0v) is 15.4. The molecule has 6 heteroatoms. The minimum absolute atomic E-state index is 0.120. The monoisotopic (exact) mass is 355 g/mol. The van der Waals surface area contributed by atoms with Gasteiger partial charge in [0.2, 0.25) is 11.8 Å². The molecule has 138 valence electrons. The Morgan fingerprint density at radius 3 is 1.81 bits per heavy atom. The molecule has 0 aliphatic carbocycles. The van der Waals surface area contributed by atoms with Crippen molar-refractivity contribution in [3.63, 3.8) is 0 Å². The van der Waals surface area contributed by atoms with Crippen molar-refractivity contribution in [1.82, 2.24) is 4.90 Å². The summed E-state index contributed by atoms with van der Waals surface area (Å²) in [6.07, 6.45) is 0. The van der Waals surface area contributed by atoms with E-state index in [1.54, 1.807) is 36.2 Å². The van der Waals surface area contributed by atoms with Crippen LogP contribution in [0.25, 0.3) is 0 Å². The first-order valence-electron chi connectivity index (χ1n) is 8.54. The van der Waals surface area contributed by atoms with Crippen LogP contribution in [0.3, 0.4) is 0 Å². The van der Waals surface area contributed by atoms with Gasteiger partial charge in [0.15, 0.2) is 0 Å². The van der Waals surface area contributed by atoms with Crippen LogP contribution in [0.2, 0.25) is 0 Å². The molecule has 0 atom stereocenters. The smallest absolute Gasteiger partial charge is 0.238 e. The molecular weight excluding hydrogens is 330 g/mol. The van der Waals surface area contributed by atoms with Gasteiger partial charge in [0.1, 0.15) is 5.75 Å². The lowest BCUT2D eigenvalue weighted by Gasteiger charge is -2.16. The van der Waals surface area contributed by atoms with E-state index in [2.05, 4.69) is 10.6 Å². The number of hydrogen-bond acceptors (Lipinski definition) is 4. The zero-order chi connectivity index (χ0) is 18.9. The van der Waals surface area contributed by atoms with Gasteiger partial charge in [0.05, 0.1) is 19.7 Å². The molecule has 0 spiro atoms. The summed E-state index contributed by atoms with van der Waals surface area (Å²) in [5, 5.41) is 5.62. The van der Waals surface area contributed by atoms with Crippen LogP contribution >= 0.6 is 0 Å². The molecule has 0 aliphatic heterocycles. The molecule has 0 saturated heterocycles. The van der Waals surface area contributed by atoms with Crippen molar-refractivity contribution in [1.29, 1.82) is 0 Å². The minimum atomic E-state index is -0.181. The van der Waals surface area contributed by atoms with E-state index in [0.717, 1.165) is 17.0 Å². The average Bonchev–Trinajstić information content (AvgIpc) is 2.58. The Morgan fingerprint density at radius 1 is 0.885 bits per heavy atom. The quantitative estimate of drug-likeness (QED) is 0.764. The van der Waals surface area contributed by atoms with Crippen molar-refractivity contribution in [3.05, 3.63) is 54.1 Å². The van der Waals surface area contributed by atoms with E-state index < -0.39 is 0 Å². The highest BCUT2D eigenvalue weighted by Gasteiger charge is 2.11. The van der Waals surface area contributed by atoms with Gasteiger partial charge in [-0.05, 0) is 57.3 Å². The second-order valence-corrected chi connectivity index (χ2v) is 6.09. The Kier molecular flexibility index (Phi) is 7.17. The van der Waals surface area contributed by atoms with Gasteiger partial charge in [-0.15, -0.1) is 0 Å². The molecule has 2 aromatic carbocycles. The first-order chi connectivity index (χ1) is 12.5. The standard InChI is InChI=1S/C20H25N3O3/c1-4-26-18-11-9-17(10-12-18)22-20(25)14-23(3)13-19(24)21-16-7-5-15(2)6-8-16/h5-12H,4,13-14H2,1-3H3,(H,21,24)(H,22,25). The van der Waals surface area contributed by atoms with Crippen LogP contribution in [0.5, 0.6) is 5.75 Å². The number of aryl methyl sites for hydroxylation is 1. The van der Waals surface area contributed by atoms with Crippen molar-refractivity contribution in [3.8, 4) is 5.75 Å². The molecule has 2 aromatic rings. The van der Waals surface area contributed by atoms with E-state index in [1.165, 1.54) is 0 Å². The molecule has 0 saturated carbocycles. The van der Waals surface area contributed by atoms with Crippen LogP contribution < -0.4 is 15.4 Å². The van der Waals surface area contributed by atoms with Gasteiger partial charge in [-0.3, -0.25) is 14.5 Å². The van der Waals surface area contributed by atoms with E-state index >= 15 is 0 Å². The Morgan fingerprint density at radius 2 is 1.35 bits per heavy atom. The maximum Gasteiger partial charge on any atom is 0.238 e. The number of rotatable bonds is 8. The van der Waals surface area contributed by atoms with E-state index in [-0.39, 0.29) is 24.9 Å². The topological polar surface area (TPSA) is 70.7 Å². The first-order valence-corrected chi connectivity index (χ1v) is 8.54. The number of ether oxygens (including phenoxy) is 1. The third-order valence-corrected chi connectivity index (χ3v) is 3.61. The molecule has 2 rings (SSSR count). The van der Waals surface area contributed by atoms with Gasteiger partial charge in [0.25, 0.3) is 0 Å². The Balaban J connectivity index is 1.77. The fourth-order valence-corrected chi connectivity index (χ4v) is 2.39. The van der Waals surface area contributed by atoms with E-state index in [1.807, 2.05) is 38.1 Å². The number of benzene rings is 2. The van der Waals surface area contributed by atoms with Crippen molar-refractivity contribution >= 4 is 23.2 Å². The predicted octanol–water partition coefficient (Wildman–Crippen LogP) is 2.90. The first kappa shape index (κ1) is 19.5. The molecule has 0 fully saturated rings. The molecule has 0 aromatic heterocycles. The van der Waals surface area contributed by atoms with Crippen molar-refractivity contribution in [2.45, 2.75) is 13.8 Å². The molecule has 2 N–H and O–H groups in total. The molecule has 26 heavy (non-hydrogen) atoms. The second-order valence-electron chi connectivity index (χ2n) is 6.09. The van der Waals surface area contributed by atoms with Crippen LogP contribution in [0, 0.1) is 6.92 Å². The SMILES string of the molecule is CCOc1ccc(NC(=O)CN(C)CC(=O)Nc2ccc(C)cc2)cc1. The number of nitrogens with zero attached hydrogens (tertiary/aromatic N) is 1. The fourth-order valence-electron chi connectivity index (χ4n) is 2.39. The van der Waals surface area contributed by atoms with Gasteiger partial charge in [-0.2, -0.15) is 0 Å². The van der Waals surface area contributed by atoms with Gasteiger partial charge in [-0.25, -0.2) is 0 Å². The summed E-state index contributed by atoms with van der Waals surface area (Å²) in [6, 6.07) is 14.8. The number of likely N-dealkylation sites (N-methyl/N-ethyl adjacent to an activating group) is 1. The van der Waals surface area contributed by atoms with Crippen LogP contribution in [0.4, 0.5) is 11.4 Å². The summed E-state index contributed by atoms with van der Waals surface area (Å²) < 4.78 is 5.36. The summed E-state index contributed by atoms with van der Waals surface area (Å²) in [6.45, 7) is 4.75. The lowest BCUT2D eigenvalue weighted by Crippen LogP contribution is -2.36. The molecule has 0 aliphatic rings. The average molecular weight is 355 g/mol. The summed E-state index contributed by atoms with van der Waals surface area (Å²) >= 11 is 0. The molecule has 0 bridgehead atoms. The predicted molar refractivity (Wildman–Crippen MR) is 104 cm³/mol. The summed E-state index contributed by atoms with van der Waals surface area (Å²) in [5.41, 5.74) is 2.56. The van der Waals surface area contributed by atoms with E-state index in [0.29, 0.717) is 12.3 Å². The maximum atomic E-state index is 12.1. The zero-order valence-electron chi connectivity index (χ0n) is 15.4. The summed E-state index contributed by atoms with van der Waals surface area (Å²) in [7, 11) is 1.73. The minimum Gasteiger partial charge on any atom is -0.494 e. The van der Waals surface area contributed by atoms with E-state index in [4.69, 9.17) is 4.74 Å². The van der Waals surface area contributed by atoms with Crippen LogP contribution in [-0.2, 0) is 9.59 Å². The third kappa shape index (κ3) is 6.57. The van der Waals surface area contributed by atoms with Crippen LogP contribution in [0.15, 0.2) is 48.5 Å². The fraction of sp³-hybridized carbons (Fsp3) is 0.300. The van der Waals surface area contributed by atoms with Gasteiger partial charge in [0, 0.05) is 11.4 Å². The number of hydrogen-bond donors (Lipinski definition) is 2. The highest BCUT2D eigenvalue weighted by molar-refractivity contribution is 5.94. The van der Waals surface area contributed by atoms with Crippen LogP contribution in [-0.4, -0.2) is 43.5 Å². The Bertz CT molecular complexity index is 727. The van der Waals surface area contributed by atoms with Crippen molar-refractivity contribution < 1.29 is 14.3 Å². The van der Waals surface area contributed by atoms with Crippen molar-refractivity contribution in [2.24, 2.45) is 0 Å². The number of carbonyl (C=O) groups is 2. The lowest BCUT2D eigenvalue weighted by atomic mass is 10.2. The second kappa shape index (κ2) is 9.58. The maximum absolute atomic E-state index is 12.1. The Labute approximate surface area is 154 Å². The van der Waals surface area contributed by atoms with Gasteiger partial charge >= 0.3 is 0 Å². The Hall–Kier alpha value is -2.86. The normalized spacial score (nSPS) is 10.5.